The first-order valence-corrected chi connectivity index (χ1v) is 10.2. The van der Waals surface area contributed by atoms with Crippen LogP contribution in [0.4, 0.5) is 0 Å². The van der Waals surface area contributed by atoms with Crippen LogP contribution < -0.4 is 5.73 Å². The molecule has 0 bridgehead atoms. The summed E-state index contributed by atoms with van der Waals surface area (Å²) in [6, 6.07) is 30.3. The zero-order valence-electron chi connectivity index (χ0n) is 16.5. The van der Waals surface area contributed by atoms with Crippen LogP contribution in [0.25, 0.3) is 21.5 Å². The summed E-state index contributed by atoms with van der Waals surface area (Å²) < 4.78 is 0. The average molecular weight is 382 g/mol. The maximum absolute atomic E-state index is 9.03. The molecule has 2 heteroatoms. The topological polar surface area (TPSA) is 46.2 Å². The molecule has 146 valence electrons. The number of hydrogen-bond donors (Lipinski definition) is 2. The molecular weight excluding hydrogens is 354 g/mol. The Kier molecular flexibility index (Phi) is 6.04. The maximum Gasteiger partial charge on any atom is 0.0465 e. The molecule has 0 unspecified atom stereocenters. The maximum atomic E-state index is 9.03. The third kappa shape index (κ3) is 4.56. The molecule has 0 aliphatic heterocycles. The Balaban J connectivity index is 1.74. The summed E-state index contributed by atoms with van der Waals surface area (Å²) in [5.41, 5.74) is 9.01. The van der Waals surface area contributed by atoms with Crippen molar-refractivity contribution in [2.75, 3.05) is 6.61 Å². The van der Waals surface area contributed by atoms with E-state index < -0.39 is 0 Å². The molecule has 4 aromatic rings. The van der Waals surface area contributed by atoms with E-state index in [1.54, 1.807) is 0 Å². The van der Waals surface area contributed by atoms with E-state index in [4.69, 9.17) is 10.8 Å². The van der Waals surface area contributed by atoms with E-state index in [0.29, 0.717) is 6.42 Å². The van der Waals surface area contributed by atoms with E-state index in [2.05, 4.69) is 84.9 Å². The molecule has 4 rings (SSSR count). The van der Waals surface area contributed by atoms with Gasteiger partial charge >= 0.3 is 0 Å². The van der Waals surface area contributed by atoms with Crippen molar-refractivity contribution in [1.29, 1.82) is 0 Å². The highest BCUT2D eigenvalue weighted by Gasteiger charge is 2.18. The van der Waals surface area contributed by atoms with Crippen LogP contribution in [0.1, 0.15) is 29.9 Å². The Morgan fingerprint density at radius 1 is 0.724 bits per heavy atom. The van der Waals surface area contributed by atoms with Crippen molar-refractivity contribution in [1.82, 2.24) is 0 Å². The molecule has 0 amide bonds. The standard InChI is InChI=1S/C27H27NO/c28-26(11-5-6-16-29)19-27(24-14-12-20-7-1-3-9-22(20)17-24)25-15-13-21-8-2-4-10-23(21)18-25/h1-5,7-15,17-18,26-27,29H,6,16,19,28H2/t26-/m0/s1. The van der Waals surface area contributed by atoms with Crippen LogP contribution >= 0.6 is 0 Å². The third-order valence-electron chi connectivity index (χ3n) is 5.54. The van der Waals surface area contributed by atoms with E-state index in [-0.39, 0.29) is 18.6 Å². The predicted molar refractivity (Wildman–Crippen MR) is 123 cm³/mol. The molecule has 0 saturated heterocycles. The third-order valence-corrected chi connectivity index (χ3v) is 5.54. The lowest BCUT2D eigenvalue weighted by Crippen LogP contribution is -2.21. The lowest BCUT2D eigenvalue weighted by atomic mass is 9.84. The summed E-state index contributed by atoms with van der Waals surface area (Å²) >= 11 is 0. The van der Waals surface area contributed by atoms with Gasteiger partial charge in [-0.3, -0.25) is 0 Å². The first-order valence-electron chi connectivity index (χ1n) is 10.2. The minimum absolute atomic E-state index is 0.0653. The molecule has 0 spiro atoms. The zero-order chi connectivity index (χ0) is 20.1. The van der Waals surface area contributed by atoms with Gasteiger partial charge in [0.2, 0.25) is 0 Å². The Bertz CT molecular complexity index is 1050. The predicted octanol–water partition coefficient (Wildman–Crippen LogP) is 5.78. The van der Waals surface area contributed by atoms with E-state index in [1.807, 2.05) is 12.2 Å². The number of fused-ring (bicyclic) bond motifs is 2. The summed E-state index contributed by atoms with van der Waals surface area (Å²) in [6.45, 7) is 0.155. The molecular formula is C27H27NO. The first kappa shape index (κ1) is 19.4. The minimum atomic E-state index is -0.0653. The Labute approximate surface area is 172 Å². The van der Waals surface area contributed by atoms with Crippen LogP contribution in [-0.4, -0.2) is 17.8 Å². The van der Waals surface area contributed by atoms with Gasteiger partial charge < -0.3 is 10.8 Å². The fraction of sp³-hybridized carbons (Fsp3) is 0.185. The summed E-state index contributed by atoms with van der Waals surface area (Å²) in [5, 5.41) is 14.0. The summed E-state index contributed by atoms with van der Waals surface area (Å²) in [5.74, 6) is 0.206. The molecule has 3 N–H and O–H groups in total. The summed E-state index contributed by atoms with van der Waals surface area (Å²) in [6.07, 6.45) is 5.46. The van der Waals surface area contributed by atoms with E-state index in [1.165, 1.54) is 32.7 Å². The monoisotopic (exact) mass is 381 g/mol. The molecule has 0 saturated carbocycles. The van der Waals surface area contributed by atoms with Gasteiger partial charge in [0, 0.05) is 18.6 Å². The molecule has 4 aromatic carbocycles. The van der Waals surface area contributed by atoms with Gasteiger partial charge in [0.25, 0.3) is 0 Å². The quantitative estimate of drug-likeness (QED) is 0.399. The number of nitrogens with two attached hydrogens (primary N) is 1. The van der Waals surface area contributed by atoms with Crippen LogP contribution in [0.5, 0.6) is 0 Å². The Hall–Kier alpha value is -2.94. The van der Waals surface area contributed by atoms with Crippen molar-refractivity contribution >= 4 is 21.5 Å². The fourth-order valence-corrected chi connectivity index (χ4v) is 4.01. The molecule has 0 radical (unpaired) electrons. The number of rotatable bonds is 7. The molecule has 0 aliphatic carbocycles. The van der Waals surface area contributed by atoms with Crippen LogP contribution in [0.15, 0.2) is 97.1 Å². The molecule has 0 aromatic heterocycles. The minimum Gasteiger partial charge on any atom is -0.396 e. The van der Waals surface area contributed by atoms with Crippen LogP contribution in [0.2, 0.25) is 0 Å². The molecule has 29 heavy (non-hydrogen) atoms. The number of aliphatic hydroxyl groups is 1. The number of hydrogen-bond acceptors (Lipinski definition) is 2. The second kappa shape index (κ2) is 9.04. The van der Waals surface area contributed by atoms with Gasteiger partial charge in [0.1, 0.15) is 0 Å². The van der Waals surface area contributed by atoms with Crippen molar-refractivity contribution in [3.8, 4) is 0 Å². The SMILES string of the molecule is N[C@@H](C=CCCO)CC(c1ccc2ccccc2c1)c1ccc2ccccc2c1. The zero-order valence-corrected chi connectivity index (χ0v) is 16.5. The van der Waals surface area contributed by atoms with Crippen LogP contribution in [0.3, 0.4) is 0 Å². The van der Waals surface area contributed by atoms with Crippen LogP contribution in [0, 0.1) is 0 Å². The normalized spacial score (nSPS) is 12.9. The molecule has 0 fully saturated rings. The lowest BCUT2D eigenvalue weighted by molar-refractivity contribution is 0.302. The highest BCUT2D eigenvalue weighted by molar-refractivity contribution is 5.84. The van der Waals surface area contributed by atoms with Gasteiger partial charge in [-0.05, 0) is 45.5 Å². The van der Waals surface area contributed by atoms with Gasteiger partial charge in [0.05, 0.1) is 0 Å². The van der Waals surface area contributed by atoms with Gasteiger partial charge in [-0.2, -0.15) is 0 Å². The Morgan fingerprint density at radius 3 is 1.76 bits per heavy atom. The summed E-state index contributed by atoms with van der Waals surface area (Å²) in [4.78, 5) is 0. The molecule has 2 nitrogen and oxygen atoms in total. The fourth-order valence-electron chi connectivity index (χ4n) is 4.01. The van der Waals surface area contributed by atoms with Gasteiger partial charge in [-0.15, -0.1) is 0 Å². The lowest BCUT2D eigenvalue weighted by Gasteiger charge is -2.22. The number of benzene rings is 4. The smallest absolute Gasteiger partial charge is 0.0465 e. The molecule has 0 heterocycles. The van der Waals surface area contributed by atoms with Crippen LogP contribution in [-0.2, 0) is 0 Å². The average Bonchev–Trinajstić information content (AvgIpc) is 2.77. The largest absolute Gasteiger partial charge is 0.396 e. The van der Waals surface area contributed by atoms with E-state index >= 15 is 0 Å². The highest BCUT2D eigenvalue weighted by Crippen LogP contribution is 2.33. The second-order valence-electron chi connectivity index (χ2n) is 7.61. The van der Waals surface area contributed by atoms with Crippen molar-refractivity contribution in [3.05, 3.63) is 108 Å². The summed E-state index contributed by atoms with van der Waals surface area (Å²) in [7, 11) is 0. The van der Waals surface area contributed by atoms with Gasteiger partial charge in [-0.25, -0.2) is 0 Å². The number of aliphatic hydroxyl groups excluding tert-OH is 1. The van der Waals surface area contributed by atoms with Crippen molar-refractivity contribution in [2.24, 2.45) is 5.73 Å². The first-order chi connectivity index (χ1) is 14.2. The van der Waals surface area contributed by atoms with E-state index in [0.717, 1.165) is 6.42 Å². The van der Waals surface area contributed by atoms with Crippen molar-refractivity contribution in [2.45, 2.75) is 24.8 Å². The Morgan fingerprint density at radius 2 is 1.24 bits per heavy atom. The highest BCUT2D eigenvalue weighted by atomic mass is 16.2. The molecule has 1 atom stereocenters. The van der Waals surface area contributed by atoms with Crippen molar-refractivity contribution < 1.29 is 5.11 Å². The van der Waals surface area contributed by atoms with E-state index in [9.17, 15) is 0 Å². The van der Waals surface area contributed by atoms with Gasteiger partial charge in [0.15, 0.2) is 0 Å². The second-order valence-corrected chi connectivity index (χ2v) is 7.61. The van der Waals surface area contributed by atoms with Gasteiger partial charge in [-0.1, -0.05) is 97.1 Å². The van der Waals surface area contributed by atoms with Crippen molar-refractivity contribution in [3.63, 3.8) is 0 Å². The molecule has 0 aliphatic rings.